The molecule has 2 N–H and O–H groups in total. The number of carbonyl (C=O) groups is 2. The number of rotatable bonds is 6. The van der Waals surface area contributed by atoms with Gasteiger partial charge < -0.3 is 19.6 Å². The molecule has 1 amide bonds. The van der Waals surface area contributed by atoms with Crippen molar-refractivity contribution in [3.63, 3.8) is 0 Å². The highest BCUT2D eigenvalue weighted by Gasteiger charge is 2.11. The Kier molecular flexibility index (Phi) is 4.83. The molecule has 0 aliphatic heterocycles. The Hall–Kier alpha value is -2.76. The topological polar surface area (TPSA) is 88.8 Å². The highest BCUT2D eigenvalue weighted by Crippen LogP contribution is 2.22. The molecule has 6 heteroatoms. The van der Waals surface area contributed by atoms with Gasteiger partial charge in [0.05, 0.1) is 6.54 Å². The summed E-state index contributed by atoms with van der Waals surface area (Å²) in [5, 5.41) is 11.3. The third kappa shape index (κ3) is 3.88. The maximum atomic E-state index is 11.8. The maximum absolute atomic E-state index is 11.8. The van der Waals surface area contributed by atoms with Gasteiger partial charge in [-0.1, -0.05) is 18.2 Å². The number of carboxylic acid groups (broad SMARTS) is 1. The minimum Gasteiger partial charge on any atom is -0.483 e. The van der Waals surface area contributed by atoms with Gasteiger partial charge >= 0.3 is 5.97 Å². The van der Waals surface area contributed by atoms with E-state index in [-0.39, 0.29) is 24.8 Å². The SMILES string of the molecule is Cc1cccc(C)c1OCC(=O)NCc1ccc(C(=O)O)o1. The van der Waals surface area contributed by atoms with Crippen molar-refractivity contribution in [3.05, 3.63) is 53.0 Å². The van der Waals surface area contributed by atoms with Crippen molar-refractivity contribution >= 4 is 11.9 Å². The molecule has 0 atom stereocenters. The Morgan fingerprint density at radius 2 is 1.86 bits per heavy atom. The van der Waals surface area contributed by atoms with Crippen LogP contribution < -0.4 is 10.1 Å². The predicted octanol–water partition coefficient (Wildman–Crippen LogP) is 2.29. The molecule has 0 saturated heterocycles. The number of hydrogen-bond donors (Lipinski definition) is 2. The third-order valence-electron chi connectivity index (χ3n) is 3.09. The largest absolute Gasteiger partial charge is 0.483 e. The van der Waals surface area contributed by atoms with Crippen LogP contribution >= 0.6 is 0 Å². The zero-order valence-corrected chi connectivity index (χ0v) is 12.4. The van der Waals surface area contributed by atoms with Crippen molar-refractivity contribution < 1.29 is 23.8 Å². The van der Waals surface area contributed by atoms with Crippen molar-refractivity contribution in [2.24, 2.45) is 0 Å². The van der Waals surface area contributed by atoms with Gasteiger partial charge in [0, 0.05) is 0 Å². The molecule has 0 saturated carbocycles. The fourth-order valence-corrected chi connectivity index (χ4v) is 1.99. The summed E-state index contributed by atoms with van der Waals surface area (Å²) in [7, 11) is 0. The first-order valence-electron chi connectivity index (χ1n) is 6.75. The van der Waals surface area contributed by atoms with E-state index < -0.39 is 5.97 Å². The summed E-state index contributed by atoms with van der Waals surface area (Å²) in [6.07, 6.45) is 0. The molecule has 0 spiro atoms. The van der Waals surface area contributed by atoms with Crippen LogP contribution in [0.4, 0.5) is 0 Å². The summed E-state index contributed by atoms with van der Waals surface area (Å²) in [4.78, 5) is 22.4. The first kappa shape index (κ1) is 15.6. The molecule has 1 aromatic carbocycles. The molecule has 0 unspecified atom stereocenters. The molecule has 1 heterocycles. The molecule has 6 nitrogen and oxygen atoms in total. The average Bonchev–Trinajstić information content (AvgIpc) is 2.93. The number of furan rings is 1. The van der Waals surface area contributed by atoms with Gasteiger partial charge in [0.25, 0.3) is 5.91 Å². The molecule has 2 aromatic rings. The van der Waals surface area contributed by atoms with Crippen LogP contribution in [0.15, 0.2) is 34.7 Å². The molecule has 0 bridgehead atoms. The first-order valence-corrected chi connectivity index (χ1v) is 6.75. The van der Waals surface area contributed by atoms with E-state index in [0.29, 0.717) is 11.5 Å². The number of aromatic carboxylic acids is 1. The second-order valence-corrected chi connectivity index (χ2v) is 4.86. The van der Waals surface area contributed by atoms with E-state index >= 15 is 0 Å². The number of carbonyl (C=O) groups excluding carboxylic acids is 1. The Bertz CT molecular complexity index is 669. The lowest BCUT2D eigenvalue weighted by atomic mass is 10.1. The number of nitrogens with one attached hydrogen (secondary N) is 1. The summed E-state index contributed by atoms with van der Waals surface area (Å²) in [5.41, 5.74) is 1.93. The highest BCUT2D eigenvalue weighted by molar-refractivity contribution is 5.84. The van der Waals surface area contributed by atoms with Gasteiger partial charge in [-0.05, 0) is 37.1 Å². The van der Waals surface area contributed by atoms with Crippen molar-refractivity contribution in [1.82, 2.24) is 5.32 Å². The number of hydrogen-bond acceptors (Lipinski definition) is 4. The van der Waals surface area contributed by atoms with Crippen LogP contribution in [0, 0.1) is 13.8 Å². The summed E-state index contributed by atoms with van der Waals surface area (Å²) in [6.45, 7) is 3.83. The van der Waals surface area contributed by atoms with E-state index in [1.54, 1.807) is 0 Å². The normalized spacial score (nSPS) is 10.3. The number of carboxylic acids is 1. The van der Waals surface area contributed by atoms with Crippen LogP contribution in [0.5, 0.6) is 5.75 Å². The Morgan fingerprint density at radius 1 is 1.18 bits per heavy atom. The average molecular weight is 303 g/mol. The Balaban J connectivity index is 1.84. The number of ether oxygens (including phenoxy) is 1. The van der Waals surface area contributed by atoms with Crippen molar-refractivity contribution in [2.45, 2.75) is 20.4 Å². The fraction of sp³-hybridized carbons (Fsp3) is 0.250. The minimum atomic E-state index is -1.14. The van der Waals surface area contributed by atoms with Gasteiger partial charge in [-0.2, -0.15) is 0 Å². The molecule has 2 rings (SSSR count). The van der Waals surface area contributed by atoms with Gasteiger partial charge in [0.2, 0.25) is 5.76 Å². The third-order valence-corrected chi connectivity index (χ3v) is 3.09. The number of amides is 1. The number of para-hydroxylation sites is 1. The Morgan fingerprint density at radius 3 is 2.45 bits per heavy atom. The molecule has 0 radical (unpaired) electrons. The van der Waals surface area contributed by atoms with Gasteiger partial charge in [-0.3, -0.25) is 4.79 Å². The summed E-state index contributed by atoms with van der Waals surface area (Å²) >= 11 is 0. The van der Waals surface area contributed by atoms with Crippen LogP contribution in [-0.4, -0.2) is 23.6 Å². The van der Waals surface area contributed by atoms with Crippen molar-refractivity contribution in [1.29, 1.82) is 0 Å². The predicted molar refractivity (Wildman–Crippen MR) is 78.9 cm³/mol. The minimum absolute atomic E-state index is 0.113. The van der Waals surface area contributed by atoms with E-state index in [2.05, 4.69) is 5.32 Å². The second kappa shape index (κ2) is 6.80. The van der Waals surface area contributed by atoms with Gasteiger partial charge in [-0.25, -0.2) is 4.79 Å². The first-order chi connectivity index (χ1) is 10.5. The molecular weight excluding hydrogens is 286 g/mol. The summed E-state index contributed by atoms with van der Waals surface area (Å²) < 4.78 is 10.6. The lowest BCUT2D eigenvalue weighted by Crippen LogP contribution is -2.28. The second-order valence-electron chi connectivity index (χ2n) is 4.86. The highest BCUT2D eigenvalue weighted by atomic mass is 16.5. The zero-order chi connectivity index (χ0) is 16.1. The van der Waals surface area contributed by atoms with Gasteiger partial charge in [0.1, 0.15) is 11.5 Å². The van der Waals surface area contributed by atoms with E-state index in [1.807, 2.05) is 32.0 Å². The molecule has 1 aromatic heterocycles. The number of benzene rings is 1. The smallest absolute Gasteiger partial charge is 0.371 e. The lowest BCUT2D eigenvalue weighted by molar-refractivity contribution is -0.123. The molecule has 116 valence electrons. The van der Waals surface area contributed by atoms with E-state index in [9.17, 15) is 9.59 Å². The van der Waals surface area contributed by atoms with E-state index in [1.165, 1.54) is 12.1 Å². The molecular formula is C16H17NO5. The van der Waals surface area contributed by atoms with E-state index in [4.69, 9.17) is 14.3 Å². The van der Waals surface area contributed by atoms with Crippen LogP contribution in [0.3, 0.4) is 0 Å². The van der Waals surface area contributed by atoms with Crippen LogP contribution in [-0.2, 0) is 11.3 Å². The Labute approximate surface area is 127 Å². The fourth-order valence-electron chi connectivity index (χ4n) is 1.99. The maximum Gasteiger partial charge on any atom is 0.371 e. The van der Waals surface area contributed by atoms with E-state index in [0.717, 1.165) is 11.1 Å². The van der Waals surface area contributed by atoms with Crippen molar-refractivity contribution in [2.75, 3.05) is 6.61 Å². The summed E-state index contributed by atoms with van der Waals surface area (Å²) in [6, 6.07) is 8.61. The van der Waals surface area contributed by atoms with Gasteiger partial charge in [-0.15, -0.1) is 0 Å². The van der Waals surface area contributed by atoms with Crippen LogP contribution in [0.25, 0.3) is 0 Å². The zero-order valence-electron chi connectivity index (χ0n) is 12.4. The molecule has 0 aliphatic carbocycles. The monoisotopic (exact) mass is 303 g/mol. The van der Waals surface area contributed by atoms with Gasteiger partial charge in [0.15, 0.2) is 6.61 Å². The van der Waals surface area contributed by atoms with Crippen molar-refractivity contribution in [3.8, 4) is 5.75 Å². The van der Waals surface area contributed by atoms with Crippen LogP contribution in [0.2, 0.25) is 0 Å². The molecule has 22 heavy (non-hydrogen) atoms. The lowest BCUT2D eigenvalue weighted by Gasteiger charge is -2.11. The number of aryl methyl sites for hydroxylation is 2. The standard InChI is InChI=1S/C16H17NO5/c1-10-4-3-5-11(2)15(10)21-9-14(18)17-8-12-6-7-13(22-12)16(19)20/h3-7H,8-9H2,1-2H3,(H,17,18)(H,19,20). The summed E-state index contributed by atoms with van der Waals surface area (Å²) in [5.74, 6) is -0.537. The quantitative estimate of drug-likeness (QED) is 0.854. The van der Waals surface area contributed by atoms with Crippen LogP contribution in [0.1, 0.15) is 27.4 Å². The molecule has 0 aliphatic rings. The molecule has 0 fully saturated rings.